The van der Waals surface area contributed by atoms with Crippen molar-refractivity contribution in [1.82, 2.24) is 0 Å². The standard InChI is InChI=1S/C14H15F3O3/c15-14(16,17)20-13-6-2-1-5-11(13)12(18)8-7-10-4-3-9-19-10/h1-2,5-6,10H,3-4,7-9H2. The first kappa shape index (κ1) is 14.8. The fourth-order valence-corrected chi connectivity index (χ4v) is 2.21. The Morgan fingerprint density at radius 1 is 1.35 bits per heavy atom. The number of alkyl halides is 3. The summed E-state index contributed by atoms with van der Waals surface area (Å²) in [5.41, 5.74) is -0.0391. The van der Waals surface area contributed by atoms with E-state index >= 15 is 0 Å². The van der Waals surface area contributed by atoms with Gasteiger partial charge in [-0.05, 0) is 31.4 Å². The summed E-state index contributed by atoms with van der Waals surface area (Å²) < 4.78 is 46.0. The molecule has 1 aromatic carbocycles. The summed E-state index contributed by atoms with van der Waals surface area (Å²) in [4.78, 5) is 12.0. The third-order valence-corrected chi connectivity index (χ3v) is 3.13. The molecular weight excluding hydrogens is 273 g/mol. The summed E-state index contributed by atoms with van der Waals surface area (Å²) in [7, 11) is 0. The lowest BCUT2D eigenvalue weighted by Gasteiger charge is -2.13. The van der Waals surface area contributed by atoms with E-state index in [1.165, 1.54) is 18.2 Å². The number of hydrogen-bond donors (Lipinski definition) is 0. The maximum atomic E-state index is 12.3. The number of carbonyl (C=O) groups is 1. The number of para-hydroxylation sites is 1. The van der Waals surface area contributed by atoms with Crippen molar-refractivity contribution < 1.29 is 27.4 Å². The average Bonchev–Trinajstić information content (AvgIpc) is 2.88. The molecule has 110 valence electrons. The van der Waals surface area contributed by atoms with Crippen molar-refractivity contribution in [2.24, 2.45) is 0 Å². The van der Waals surface area contributed by atoms with Gasteiger partial charge < -0.3 is 9.47 Å². The Bertz CT molecular complexity index is 465. The van der Waals surface area contributed by atoms with Crippen LogP contribution in [0.2, 0.25) is 0 Å². The van der Waals surface area contributed by atoms with Crippen LogP contribution in [0.25, 0.3) is 0 Å². The molecule has 1 fully saturated rings. The molecule has 0 aliphatic carbocycles. The molecular formula is C14H15F3O3. The molecule has 20 heavy (non-hydrogen) atoms. The van der Waals surface area contributed by atoms with Crippen LogP contribution in [0.1, 0.15) is 36.0 Å². The highest BCUT2D eigenvalue weighted by Crippen LogP contribution is 2.28. The van der Waals surface area contributed by atoms with Crippen LogP contribution in [0.5, 0.6) is 5.75 Å². The number of rotatable bonds is 5. The molecule has 1 saturated heterocycles. The topological polar surface area (TPSA) is 35.5 Å². The summed E-state index contributed by atoms with van der Waals surface area (Å²) in [6, 6.07) is 5.41. The van der Waals surface area contributed by atoms with Gasteiger partial charge in [0.2, 0.25) is 0 Å². The highest BCUT2D eigenvalue weighted by Gasteiger charge is 2.32. The van der Waals surface area contributed by atoms with Gasteiger partial charge in [-0.1, -0.05) is 12.1 Å². The number of Topliss-reactive ketones (excluding diaryl/α,β-unsaturated/α-hetero) is 1. The third-order valence-electron chi connectivity index (χ3n) is 3.13. The lowest BCUT2D eigenvalue weighted by Crippen LogP contribution is -2.19. The van der Waals surface area contributed by atoms with Crippen LogP contribution in [0.15, 0.2) is 24.3 Å². The average molecular weight is 288 g/mol. The van der Waals surface area contributed by atoms with Crippen molar-refractivity contribution in [2.75, 3.05) is 6.61 Å². The highest BCUT2D eigenvalue weighted by molar-refractivity contribution is 5.98. The molecule has 0 saturated carbocycles. The second kappa shape index (κ2) is 6.26. The summed E-state index contributed by atoms with van der Waals surface area (Å²) >= 11 is 0. The van der Waals surface area contributed by atoms with Crippen LogP contribution >= 0.6 is 0 Å². The minimum atomic E-state index is -4.80. The van der Waals surface area contributed by atoms with E-state index in [1.807, 2.05) is 0 Å². The monoisotopic (exact) mass is 288 g/mol. The Balaban J connectivity index is 2.01. The molecule has 0 radical (unpaired) electrons. The van der Waals surface area contributed by atoms with E-state index in [9.17, 15) is 18.0 Å². The Morgan fingerprint density at radius 3 is 2.75 bits per heavy atom. The molecule has 3 nitrogen and oxygen atoms in total. The molecule has 2 rings (SSSR count). The van der Waals surface area contributed by atoms with Crippen LogP contribution in [0.3, 0.4) is 0 Å². The second-order valence-electron chi connectivity index (χ2n) is 4.64. The number of ether oxygens (including phenoxy) is 2. The van der Waals surface area contributed by atoms with Crippen molar-refractivity contribution in [3.05, 3.63) is 29.8 Å². The van der Waals surface area contributed by atoms with Crippen molar-refractivity contribution >= 4 is 5.78 Å². The van der Waals surface area contributed by atoms with E-state index in [-0.39, 0.29) is 23.9 Å². The number of hydrogen-bond acceptors (Lipinski definition) is 3. The Morgan fingerprint density at radius 2 is 2.10 bits per heavy atom. The van der Waals surface area contributed by atoms with Gasteiger partial charge in [0.25, 0.3) is 0 Å². The SMILES string of the molecule is O=C(CCC1CCCO1)c1ccccc1OC(F)(F)F. The molecule has 1 aliphatic heterocycles. The van der Waals surface area contributed by atoms with Crippen molar-refractivity contribution in [3.8, 4) is 5.75 Å². The van der Waals surface area contributed by atoms with Crippen LogP contribution in [-0.4, -0.2) is 24.9 Å². The Hall–Kier alpha value is -1.56. The highest BCUT2D eigenvalue weighted by atomic mass is 19.4. The van der Waals surface area contributed by atoms with E-state index in [1.54, 1.807) is 0 Å². The molecule has 0 bridgehead atoms. The summed E-state index contributed by atoms with van der Waals surface area (Å²) in [5.74, 6) is -0.808. The third kappa shape index (κ3) is 4.23. The van der Waals surface area contributed by atoms with Crippen LogP contribution in [-0.2, 0) is 4.74 Å². The van der Waals surface area contributed by atoms with Crippen LogP contribution in [0.4, 0.5) is 13.2 Å². The van der Waals surface area contributed by atoms with Crippen molar-refractivity contribution in [3.63, 3.8) is 0 Å². The zero-order chi connectivity index (χ0) is 14.6. The molecule has 0 amide bonds. The van der Waals surface area contributed by atoms with E-state index in [2.05, 4.69) is 4.74 Å². The van der Waals surface area contributed by atoms with Gasteiger partial charge in [-0.3, -0.25) is 4.79 Å². The van der Waals surface area contributed by atoms with Crippen LogP contribution in [0, 0.1) is 0 Å². The predicted molar refractivity (Wildman–Crippen MR) is 65.7 cm³/mol. The lowest BCUT2D eigenvalue weighted by atomic mass is 10.0. The normalized spacial score (nSPS) is 19.1. The minimum Gasteiger partial charge on any atom is -0.405 e. The molecule has 6 heteroatoms. The zero-order valence-corrected chi connectivity index (χ0v) is 10.8. The zero-order valence-electron chi connectivity index (χ0n) is 10.8. The number of benzene rings is 1. The van der Waals surface area contributed by atoms with Crippen molar-refractivity contribution in [2.45, 2.75) is 38.1 Å². The summed E-state index contributed by atoms with van der Waals surface area (Å²) in [6.45, 7) is 0.687. The van der Waals surface area contributed by atoms with Gasteiger partial charge in [-0.2, -0.15) is 0 Å². The van der Waals surface area contributed by atoms with Gasteiger partial charge in [-0.25, -0.2) is 0 Å². The van der Waals surface area contributed by atoms with E-state index in [4.69, 9.17) is 4.74 Å². The number of ketones is 1. The van der Waals surface area contributed by atoms with E-state index < -0.39 is 12.1 Å². The van der Waals surface area contributed by atoms with Gasteiger partial charge in [0.15, 0.2) is 5.78 Å². The first-order valence-electron chi connectivity index (χ1n) is 6.45. The molecule has 1 atom stereocenters. The quantitative estimate of drug-likeness (QED) is 0.774. The lowest BCUT2D eigenvalue weighted by molar-refractivity contribution is -0.274. The van der Waals surface area contributed by atoms with E-state index in [0.29, 0.717) is 13.0 Å². The summed E-state index contributed by atoms with van der Waals surface area (Å²) in [5, 5.41) is 0. The molecule has 1 aliphatic rings. The Labute approximate surface area is 114 Å². The molecule has 0 spiro atoms. The number of halogens is 3. The van der Waals surface area contributed by atoms with Gasteiger partial charge in [0.05, 0.1) is 11.7 Å². The maximum Gasteiger partial charge on any atom is 0.573 e. The first-order chi connectivity index (χ1) is 9.46. The number of carbonyl (C=O) groups excluding carboxylic acids is 1. The maximum absolute atomic E-state index is 12.3. The smallest absolute Gasteiger partial charge is 0.405 e. The van der Waals surface area contributed by atoms with Gasteiger partial charge >= 0.3 is 6.36 Å². The molecule has 1 unspecified atom stereocenters. The van der Waals surface area contributed by atoms with Gasteiger partial charge in [0, 0.05) is 13.0 Å². The Kier molecular flexibility index (Phi) is 4.65. The molecule has 1 heterocycles. The molecule has 0 N–H and O–H groups in total. The molecule has 0 aromatic heterocycles. The van der Waals surface area contributed by atoms with Crippen molar-refractivity contribution in [1.29, 1.82) is 0 Å². The predicted octanol–water partition coefficient (Wildman–Crippen LogP) is 3.73. The first-order valence-corrected chi connectivity index (χ1v) is 6.45. The second-order valence-corrected chi connectivity index (χ2v) is 4.64. The van der Waals surface area contributed by atoms with Crippen LogP contribution < -0.4 is 4.74 Å². The van der Waals surface area contributed by atoms with Gasteiger partial charge in [0.1, 0.15) is 5.75 Å². The fraction of sp³-hybridized carbons (Fsp3) is 0.500. The molecule has 1 aromatic rings. The minimum absolute atomic E-state index is 0.0367. The summed E-state index contributed by atoms with van der Waals surface area (Å²) in [6.07, 6.45) is -2.22. The van der Waals surface area contributed by atoms with E-state index in [0.717, 1.165) is 18.9 Å². The largest absolute Gasteiger partial charge is 0.573 e. The van der Waals surface area contributed by atoms with Gasteiger partial charge in [-0.15, -0.1) is 13.2 Å². The fourth-order valence-electron chi connectivity index (χ4n) is 2.21.